The Morgan fingerprint density at radius 2 is 1.77 bits per heavy atom. The molecule has 0 spiro atoms. The van der Waals surface area contributed by atoms with E-state index in [1.54, 1.807) is 29.0 Å². The van der Waals surface area contributed by atoms with Gasteiger partial charge in [0.25, 0.3) is 0 Å². The monoisotopic (exact) mass is 390 g/mol. The zero-order valence-corrected chi connectivity index (χ0v) is 15.0. The number of imidazole rings is 1. The highest BCUT2D eigenvalue weighted by Gasteiger charge is 2.15. The maximum absolute atomic E-state index is 13.3. The predicted molar refractivity (Wildman–Crippen MR) is 97.5 cm³/mol. The molecule has 26 heavy (non-hydrogen) atoms. The van der Waals surface area contributed by atoms with Gasteiger partial charge in [-0.05, 0) is 30.3 Å². The summed E-state index contributed by atoms with van der Waals surface area (Å²) >= 11 is 11.8. The van der Waals surface area contributed by atoms with Crippen molar-refractivity contribution in [3.05, 3.63) is 87.7 Å². The third-order valence-corrected chi connectivity index (χ3v) is 4.56. The van der Waals surface area contributed by atoms with Crippen molar-refractivity contribution in [2.45, 2.75) is 13.0 Å². The first-order valence-corrected chi connectivity index (χ1v) is 8.46. The van der Waals surface area contributed by atoms with Gasteiger partial charge in [-0.2, -0.15) is 0 Å². The second-order valence-corrected chi connectivity index (χ2v) is 6.45. The molecule has 0 saturated carbocycles. The molecule has 0 aliphatic heterocycles. The Morgan fingerprint density at radius 3 is 2.50 bits per heavy atom. The highest BCUT2D eigenvalue weighted by atomic mass is 35.5. The molecule has 0 unspecified atom stereocenters. The van der Waals surface area contributed by atoms with Crippen molar-refractivity contribution >= 4 is 34.8 Å². The van der Waals surface area contributed by atoms with Crippen LogP contribution in [-0.4, -0.2) is 21.1 Å². The Kier molecular flexibility index (Phi) is 5.49. The van der Waals surface area contributed by atoms with Crippen molar-refractivity contribution in [2.24, 2.45) is 0 Å². The third-order valence-electron chi connectivity index (χ3n) is 3.82. The smallest absolute Gasteiger partial charge is 0.182 e. The minimum absolute atomic E-state index is 0.00138. The number of halogens is 3. The van der Waals surface area contributed by atoms with Gasteiger partial charge >= 0.3 is 0 Å². The molecule has 4 nitrogen and oxygen atoms in total. The van der Waals surface area contributed by atoms with E-state index < -0.39 is 5.82 Å². The highest BCUT2D eigenvalue weighted by Crippen LogP contribution is 2.23. The lowest BCUT2D eigenvalue weighted by molar-refractivity contribution is 0.0957. The number of aromatic nitrogens is 2. The average Bonchev–Trinajstić information content (AvgIpc) is 3.04. The van der Waals surface area contributed by atoms with Crippen LogP contribution in [0.25, 0.3) is 0 Å². The van der Waals surface area contributed by atoms with Crippen LogP contribution in [-0.2, 0) is 13.0 Å². The summed E-state index contributed by atoms with van der Waals surface area (Å²) in [5.41, 5.74) is 0.672. The van der Waals surface area contributed by atoms with E-state index in [-0.39, 0.29) is 30.1 Å². The first-order valence-electron chi connectivity index (χ1n) is 7.71. The number of hydrogen-bond acceptors (Lipinski definition) is 3. The van der Waals surface area contributed by atoms with Gasteiger partial charge in [-0.15, -0.1) is 0 Å². The number of carbonyl (C=O) groups excluding carboxylic acids is 2. The Morgan fingerprint density at radius 1 is 1.00 bits per heavy atom. The molecule has 132 valence electrons. The molecule has 7 heteroatoms. The fourth-order valence-corrected chi connectivity index (χ4v) is 2.77. The molecule has 1 aromatic heterocycles. The van der Waals surface area contributed by atoms with E-state index in [1.165, 1.54) is 30.5 Å². The van der Waals surface area contributed by atoms with E-state index in [9.17, 15) is 14.0 Å². The Hall–Kier alpha value is -2.50. The second-order valence-electron chi connectivity index (χ2n) is 5.63. The summed E-state index contributed by atoms with van der Waals surface area (Å²) in [6.07, 6.45) is 3.12. The summed E-state index contributed by atoms with van der Waals surface area (Å²) in [7, 11) is 0. The van der Waals surface area contributed by atoms with E-state index in [0.29, 0.717) is 21.4 Å². The minimum atomic E-state index is -0.475. The van der Waals surface area contributed by atoms with Gasteiger partial charge in [0.15, 0.2) is 11.6 Å². The third kappa shape index (κ3) is 4.18. The number of ketones is 2. The van der Waals surface area contributed by atoms with Gasteiger partial charge in [-0.3, -0.25) is 9.59 Å². The summed E-state index contributed by atoms with van der Waals surface area (Å²) in [6.45, 7) is -0.0343. The van der Waals surface area contributed by atoms with Crippen molar-refractivity contribution in [3.8, 4) is 0 Å². The second kappa shape index (κ2) is 7.81. The van der Waals surface area contributed by atoms with Crippen LogP contribution in [0.2, 0.25) is 10.0 Å². The maximum atomic E-state index is 13.3. The summed E-state index contributed by atoms with van der Waals surface area (Å²) in [6, 6.07) is 10.1. The lowest BCUT2D eigenvalue weighted by Crippen LogP contribution is -2.15. The number of nitrogens with zero attached hydrogens (tertiary/aromatic N) is 2. The molecule has 0 fully saturated rings. The molecule has 3 aromatic rings. The highest BCUT2D eigenvalue weighted by molar-refractivity contribution is 6.42. The lowest BCUT2D eigenvalue weighted by atomic mass is 10.1. The molecule has 0 N–H and O–H groups in total. The first kappa shape index (κ1) is 18.3. The van der Waals surface area contributed by atoms with Gasteiger partial charge in [0.05, 0.1) is 23.0 Å². The van der Waals surface area contributed by atoms with Gasteiger partial charge < -0.3 is 4.57 Å². The van der Waals surface area contributed by atoms with Crippen LogP contribution in [0.3, 0.4) is 0 Å². The van der Waals surface area contributed by atoms with Crippen LogP contribution in [0.1, 0.15) is 26.5 Å². The molecule has 0 aliphatic rings. The lowest BCUT2D eigenvalue weighted by Gasteiger charge is -2.08. The van der Waals surface area contributed by atoms with Gasteiger partial charge in [-0.1, -0.05) is 35.3 Å². The van der Waals surface area contributed by atoms with Crippen molar-refractivity contribution in [3.63, 3.8) is 0 Å². The molecule has 2 aromatic carbocycles. The zero-order chi connectivity index (χ0) is 18.7. The summed E-state index contributed by atoms with van der Waals surface area (Å²) < 4.78 is 14.8. The number of benzene rings is 2. The standard InChI is InChI=1S/C19H13Cl2FN2O2/c20-15-5-4-13(9-16(15)21)17(25)10-19-23-6-7-24(19)11-18(26)12-2-1-3-14(22)8-12/h1-9H,10-11H2. The van der Waals surface area contributed by atoms with Crippen molar-refractivity contribution in [1.82, 2.24) is 9.55 Å². The van der Waals surface area contributed by atoms with E-state index in [0.717, 1.165) is 0 Å². The van der Waals surface area contributed by atoms with Crippen LogP contribution in [0, 0.1) is 5.82 Å². The topological polar surface area (TPSA) is 52.0 Å². The summed E-state index contributed by atoms with van der Waals surface area (Å²) in [5, 5.41) is 0.660. The van der Waals surface area contributed by atoms with Gasteiger partial charge in [0.1, 0.15) is 11.6 Å². The number of hydrogen-bond donors (Lipinski definition) is 0. The number of rotatable bonds is 6. The van der Waals surface area contributed by atoms with Crippen LogP contribution in [0.4, 0.5) is 4.39 Å². The van der Waals surface area contributed by atoms with E-state index in [1.807, 2.05) is 0 Å². The molecule has 0 aliphatic carbocycles. The number of carbonyl (C=O) groups is 2. The molecule has 3 rings (SSSR count). The molecule has 1 heterocycles. The normalized spacial score (nSPS) is 10.7. The fraction of sp³-hybridized carbons (Fsp3) is 0.105. The molecule has 0 radical (unpaired) electrons. The quantitative estimate of drug-likeness (QED) is 0.576. The predicted octanol–water partition coefficient (Wildman–Crippen LogP) is 4.64. The molecule has 0 atom stereocenters. The van der Waals surface area contributed by atoms with E-state index >= 15 is 0 Å². The van der Waals surface area contributed by atoms with Crippen LogP contribution >= 0.6 is 23.2 Å². The van der Waals surface area contributed by atoms with Crippen LogP contribution < -0.4 is 0 Å². The van der Waals surface area contributed by atoms with Crippen LogP contribution in [0.15, 0.2) is 54.9 Å². The maximum Gasteiger partial charge on any atom is 0.182 e. The summed E-state index contributed by atoms with van der Waals surface area (Å²) in [4.78, 5) is 28.9. The molecular formula is C19H13Cl2FN2O2. The van der Waals surface area contributed by atoms with Gasteiger partial charge in [0, 0.05) is 23.5 Å². The number of Topliss-reactive ketones (excluding diaryl/α,β-unsaturated/α-hetero) is 2. The molecular weight excluding hydrogens is 378 g/mol. The van der Waals surface area contributed by atoms with Crippen LogP contribution in [0.5, 0.6) is 0 Å². The van der Waals surface area contributed by atoms with Crippen molar-refractivity contribution < 1.29 is 14.0 Å². The van der Waals surface area contributed by atoms with Crippen molar-refractivity contribution in [2.75, 3.05) is 0 Å². The summed E-state index contributed by atoms with van der Waals surface area (Å²) in [5.74, 6) is -0.512. The first-order chi connectivity index (χ1) is 12.4. The van der Waals surface area contributed by atoms with Gasteiger partial charge in [-0.25, -0.2) is 9.37 Å². The Balaban J connectivity index is 1.75. The van der Waals surface area contributed by atoms with Crippen molar-refractivity contribution in [1.29, 1.82) is 0 Å². The van der Waals surface area contributed by atoms with Gasteiger partial charge in [0.2, 0.25) is 0 Å². The zero-order valence-electron chi connectivity index (χ0n) is 13.5. The largest absolute Gasteiger partial charge is 0.327 e. The molecule has 0 bridgehead atoms. The van der Waals surface area contributed by atoms with E-state index in [4.69, 9.17) is 23.2 Å². The molecule has 0 amide bonds. The minimum Gasteiger partial charge on any atom is -0.327 e. The molecule has 0 saturated heterocycles. The van der Waals surface area contributed by atoms with E-state index in [2.05, 4.69) is 4.98 Å². The SMILES string of the molecule is O=C(Cc1nccn1CC(=O)c1cccc(F)c1)c1ccc(Cl)c(Cl)c1. The average molecular weight is 391 g/mol. The Bertz CT molecular complexity index is 985. The fourth-order valence-electron chi connectivity index (χ4n) is 2.47. The Labute approximate surface area is 159 Å².